The molecule has 4 rings (SSSR count). The van der Waals surface area contributed by atoms with Crippen molar-refractivity contribution in [2.24, 2.45) is 0 Å². The molecule has 8 nitrogen and oxygen atoms in total. The molecule has 1 N–H and O–H groups in total. The number of aryl methyl sites for hydroxylation is 1. The van der Waals surface area contributed by atoms with Gasteiger partial charge < -0.3 is 9.47 Å². The van der Waals surface area contributed by atoms with Crippen LogP contribution in [0.3, 0.4) is 0 Å². The fourth-order valence-corrected chi connectivity index (χ4v) is 4.54. The molecule has 3 aromatic heterocycles. The van der Waals surface area contributed by atoms with E-state index in [1.807, 2.05) is 33.0 Å². The first-order chi connectivity index (χ1) is 16.0. The Labute approximate surface area is 199 Å². The maximum absolute atomic E-state index is 13.0. The largest absolute Gasteiger partial charge is 0.491 e. The zero-order chi connectivity index (χ0) is 24.0. The number of alkyl halides is 2. The lowest BCUT2D eigenvalue weighted by atomic mass is 10.3. The minimum Gasteiger partial charge on any atom is -0.491 e. The Morgan fingerprint density at radius 2 is 2.09 bits per heavy atom. The Morgan fingerprint density at radius 3 is 2.70 bits per heavy atom. The van der Waals surface area contributed by atoms with Gasteiger partial charge in [-0.1, -0.05) is 25.2 Å². The van der Waals surface area contributed by atoms with E-state index in [1.54, 1.807) is 11.5 Å². The van der Waals surface area contributed by atoms with Crippen LogP contribution in [0.2, 0.25) is 0 Å². The van der Waals surface area contributed by atoms with E-state index in [9.17, 15) is 14.0 Å². The third kappa shape index (κ3) is 5.78. The molecule has 178 valence electrons. The van der Waals surface area contributed by atoms with E-state index in [1.165, 1.54) is 11.9 Å². The third-order valence-electron chi connectivity index (χ3n) is 4.75. The summed E-state index contributed by atoms with van der Waals surface area (Å²) in [6.07, 6.45) is 1.46. The average Bonchev–Trinajstić information content (AvgIpc) is 3.29. The molecule has 0 unspecified atom stereocenters. The molecule has 3 heterocycles. The van der Waals surface area contributed by atoms with Crippen molar-refractivity contribution in [1.82, 2.24) is 24.3 Å². The number of pyridine rings is 1. The highest BCUT2D eigenvalue weighted by Crippen LogP contribution is 2.39. The van der Waals surface area contributed by atoms with Crippen LogP contribution in [-0.2, 0) is 4.74 Å². The second kappa shape index (κ2) is 11.2. The van der Waals surface area contributed by atoms with Crippen LogP contribution in [-0.4, -0.2) is 45.4 Å². The molecule has 0 aliphatic heterocycles. The van der Waals surface area contributed by atoms with Gasteiger partial charge in [-0.2, -0.15) is 5.26 Å². The molecule has 12 heteroatoms. The summed E-state index contributed by atoms with van der Waals surface area (Å²) in [5, 5.41) is 16.8. The number of hydrogen-bond donors (Lipinski definition) is 1. The normalized spacial score (nSPS) is 14.1. The quantitative estimate of drug-likeness (QED) is 0.302. The standard InChI is InChI=1S/C19H20F2N6O2S2.C2H6/c1-11-14-13(29-7-3-6-28-2)8-12(31-26-19(10-22)4-5-19)9-27(14)16(23-11)18-25-24-17(30-18)15(20)21;1-2/h8-9,15,26H,3-7H2,1-2H3;1-2H3. The van der Waals surface area contributed by atoms with Gasteiger partial charge in [0.1, 0.15) is 16.8 Å². The number of aromatic nitrogens is 4. The molecule has 0 saturated heterocycles. The Hall–Kier alpha value is -2.33. The van der Waals surface area contributed by atoms with Crippen molar-refractivity contribution in [3.63, 3.8) is 0 Å². The van der Waals surface area contributed by atoms with Crippen molar-refractivity contribution in [2.75, 3.05) is 20.3 Å². The molecule has 1 aliphatic rings. The van der Waals surface area contributed by atoms with E-state index in [0.717, 1.165) is 34.6 Å². The van der Waals surface area contributed by atoms with E-state index < -0.39 is 12.0 Å². The minimum atomic E-state index is -2.69. The Morgan fingerprint density at radius 1 is 1.33 bits per heavy atom. The number of halogens is 2. The number of ether oxygens (including phenoxy) is 2. The van der Waals surface area contributed by atoms with E-state index in [-0.39, 0.29) is 5.01 Å². The van der Waals surface area contributed by atoms with Crippen LogP contribution in [0.5, 0.6) is 5.75 Å². The first-order valence-electron chi connectivity index (χ1n) is 10.6. The van der Waals surface area contributed by atoms with Gasteiger partial charge in [0.05, 0.1) is 18.4 Å². The number of fused-ring (bicyclic) bond motifs is 1. The van der Waals surface area contributed by atoms with Crippen LogP contribution < -0.4 is 9.46 Å². The Bertz CT molecular complexity index is 1120. The molecule has 1 fully saturated rings. The van der Waals surface area contributed by atoms with Crippen LogP contribution in [0.1, 0.15) is 50.2 Å². The maximum atomic E-state index is 13.0. The summed E-state index contributed by atoms with van der Waals surface area (Å²) in [5.41, 5.74) is 0.913. The molecule has 0 bridgehead atoms. The van der Waals surface area contributed by atoms with E-state index in [2.05, 4.69) is 26.0 Å². The lowest BCUT2D eigenvalue weighted by molar-refractivity contribution is 0.150. The van der Waals surface area contributed by atoms with Crippen LogP contribution in [0.25, 0.3) is 16.3 Å². The summed E-state index contributed by atoms with van der Waals surface area (Å²) in [7, 11) is 1.63. The molecule has 0 spiro atoms. The van der Waals surface area contributed by atoms with Crippen molar-refractivity contribution in [3.8, 4) is 22.7 Å². The third-order valence-corrected chi connectivity index (χ3v) is 6.62. The van der Waals surface area contributed by atoms with Crippen LogP contribution in [0.4, 0.5) is 8.78 Å². The van der Waals surface area contributed by atoms with Crippen molar-refractivity contribution >= 4 is 28.8 Å². The predicted molar refractivity (Wildman–Crippen MR) is 124 cm³/mol. The van der Waals surface area contributed by atoms with Crippen molar-refractivity contribution in [2.45, 2.75) is 56.9 Å². The lowest BCUT2D eigenvalue weighted by Gasteiger charge is -2.13. The Kier molecular flexibility index (Phi) is 8.58. The molecule has 0 aromatic carbocycles. The molecular formula is C21H26F2N6O2S2. The highest BCUT2D eigenvalue weighted by Gasteiger charge is 2.43. The summed E-state index contributed by atoms with van der Waals surface area (Å²) in [6, 6.07) is 4.18. The second-order valence-corrected chi connectivity index (χ2v) is 9.01. The van der Waals surface area contributed by atoms with E-state index >= 15 is 0 Å². The van der Waals surface area contributed by atoms with Gasteiger partial charge in [0, 0.05) is 31.2 Å². The highest BCUT2D eigenvalue weighted by molar-refractivity contribution is 7.97. The summed E-state index contributed by atoms with van der Waals surface area (Å²) < 4.78 is 42.1. The second-order valence-electron chi connectivity index (χ2n) is 7.12. The van der Waals surface area contributed by atoms with Crippen LogP contribution >= 0.6 is 23.3 Å². The number of rotatable bonds is 10. The molecule has 33 heavy (non-hydrogen) atoms. The van der Waals surface area contributed by atoms with Gasteiger partial charge in [0.2, 0.25) is 0 Å². The number of nitrogens with zero attached hydrogens (tertiary/aromatic N) is 5. The van der Waals surface area contributed by atoms with Crippen LogP contribution in [0.15, 0.2) is 17.2 Å². The van der Waals surface area contributed by atoms with Crippen molar-refractivity contribution in [1.29, 1.82) is 5.26 Å². The van der Waals surface area contributed by atoms with Gasteiger partial charge in [-0.25, -0.2) is 18.5 Å². The van der Waals surface area contributed by atoms with E-state index in [4.69, 9.17) is 9.47 Å². The number of methoxy groups -OCH3 is 1. The minimum absolute atomic E-state index is 0.300. The zero-order valence-electron chi connectivity index (χ0n) is 18.9. The Balaban J connectivity index is 0.00000149. The van der Waals surface area contributed by atoms with Crippen LogP contribution in [0, 0.1) is 18.3 Å². The molecule has 0 atom stereocenters. The fraction of sp³-hybridized carbons (Fsp3) is 0.524. The van der Waals surface area contributed by atoms with Gasteiger partial charge in [-0.3, -0.25) is 4.40 Å². The smallest absolute Gasteiger partial charge is 0.291 e. The number of nitrogens with one attached hydrogen (secondary N) is 1. The lowest BCUT2D eigenvalue weighted by Crippen LogP contribution is -2.22. The molecule has 3 aromatic rings. The molecule has 1 aliphatic carbocycles. The maximum Gasteiger partial charge on any atom is 0.291 e. The van der Waals surface area contributed by atoms with Gasteiger partial charge in [0.15, 0.2) is 15.8 Å². The topological polar surface area (TPSA) is 97.4 Å². The summed E-state index contributed by atoms with van der Waals surface area (Å²) in [6.45, 7) is 6.85. The average molecular weight is 497 g/mol. The first kappa shape index (κ1) is 25.3. The highest BCUT2D eigenvalue weighted by atomic mass is 32.2. The number of nitriles is 1. The molecule has 0 amide bonds. The fourth-order valence-electron chi connectivity index (χ4n) is 2.96. The van der Waals surface area contributed by atoms with Gasteiger partial charge in [0.25, 0.3) is 6.43 Å². The first-order valence-corrected chi connectivity index (χ1v) is 12.2. The summed E-state index contributed by atoms with van der Waals surface area (Å²) in [5.74, 6) is 1.03. The van der Waals surface area contributed by atoms with E-state index in [0.29, 0.717) is 41.9 Å². The summed E-state index contributed by atoms with van der Waals surface area (Å²) >= 11 is 2.14. The van der Waals surface area contributed by atoms with Crippen molar-refractivity contribution in [3.05, 3.63) is 23.0 Å². The molecule has 0 radical (unpaired) electrons. The SMILES string of the molecule is CC.COCCCOc1cc(SNC2(C#N)CC2)cn2c(-c3nnc(C(F)F)s3)nc(C)c12. The van der Waals surface area contributed by atoms with Crippen molar-refractivity contribution < 1.29 is 18.3 Å². The summed E-state index contributed by atoms with van der Waals surface area (Å²) in [4.78, 5) is 5.35. The molecule has 1 saturated carbocycles. The van der Waals surface area contributed by atoms with Gasteiger partial charge in [-0.05, 0) is 37.8 Å². The molecular weight excluding hydrogens is 470 g/mol. The van der Waals surface area contributed by atoms with Gasteiger partial charge in [-0.15, -0.1) is 10.2 Å². The monoisotopic (exact) mass is 496 g/mol. The predicted octanol–water partition coefficient (Wildman–Crippen LogP) is 5.19. The van der Waals surface area contributed by atoms with Gasteiger partial charge >= 0.3 is 0 Å². The number of imidazole rings is 1. The number of hydrogen-bond acceptors (Lipinski definition) is 9. The zero-order valence-corrected chi connectivity index (χ0v) is 20.5.